The van der Waals surface area contributed by atoms with Crippen LogP contribution in [0, 0.1) is 5.82 Å². The van der Waals surface area contributed by atoms with Crippen LogP contribution in [-0.2, 0) is 15.0 Å². The van der Waals surface area contributed by atoms with E-state index in [1.54, 1.807) is 16.9 Å². The van der Waals surface area contributed by atoms with Gasteiger partial charge in [0.25, 0.3) is 5.91 Å². The summed E-state index contributed by atoms with van der Waals surface area (Å²) < 4.78 is 50.5. The monoisotopic (exact) mass is 440 g/mol. The van der Waals surface area contributed by atoms with Gasteiger partial charge in [-0.15, -0.1) is 0 Å². The molecule has 1 saturated heterocycles. The standard InChI is InChI=1S/C17H17FN4O7S/c1-28-13-4-3-9(7-14(13)29-2)19-17(25)20-10-5-11(18)16(12(23)6-10)22-8-15(24)21-30(22,26)27/h3-7,23H,8H2,1-2H3,(H,21,24)(H2,19,20,25). The molecular weight excluding hydrogens is 423 g/mol. The number of hydrogen-bond donors (Lipinski definition) is 4. The van der Waals surface area contributed by atoms with Crippen LogP contribution in [0.2, 0.25) is 0 Å². The van der Waals surface area contributed by atoms with E-state index in [0.29, 0.717) is 21.5 Å². The number of amides is 3. The number of phenolic OH excluding ortho intramolecular Hbond substituents is 1. The zero-order valence-electron chi connectivity index (χ0n) is 15.7. The number of urea groups is 1. The van der Waals surface area contributed by atoms with Gasteiger partial charge >= 0.3 is 16.2 Å². The Hall–Kier alpha value is -3.74. The Morgan fingerprint density at radius 2 is 1.80 bits per heavy atom. The smallest absolute Gasteiger partial charge is 0.326 e. The molecule has 4 N–H and O–H groups in total. The SMILES string of the molecule is COc1ccc(NC(=O)Nc2cc(O)c(N3CC(=O)NS3(=O)=O)c(F)c2)cc1OC. The van der Waals surface area contributed by atoms with Crippen molar-refractivity contribution in [3.63, 3.8) is 0 Å². The van der Waals surface area contributed by atoms with E-state index in [4.69, 9.17) is 9.47 Å². The molecule has 13 heteroatoms. The maximum Gasteiger partial charge on any atom is 0.326 e. The highest BCUT2D eigenvalue weighted by Crippen LogP contribution is 2.36. The highest BCUT2D eigenvalue weighted by Gasteiger charge is 2.37. The van der Waals surface area contributed by atoms with Crippen molar-refractivity contribution in [3.05, 3.63) is 36.1 Å². The Kier molecular flexibility index (Phi) is 5.56. The van der Waals surface area contributed by atoms with Gasteiger partial charge in [-0.3, -0.25) is 4.79 Å². The lowest BCUT2D eigenvalue weighted by molar-refractivity contribution is -0.117. The maximum atomic E-state index is 14.5. The van der Waals surface area contributed by atoms with Gasteiger partial charge in [-0.2, -0.15) is 8.42 Å². The number of anilines is 3. The first-order chi connectivity index (χ1) is 14.1. The number of hydrogen-bond acceptors (Lipinski definition) is 7. The fourth-order valence-corrected chi connectivity index (χ4v) is 3.93. The van der Waals surface area contributed by atoms with Gasteiger partial charge in [0.15, 0.2) is 17.3 Å². The van der Waals surface area contributed by atoms with Crippen LogP contribution >= 0.6 is 0 Å². The van der Waals surface area contributed by atoms with E-state index in [1.165, 1.54) is 20.3 Å². The summed E-state index contributed by atoms with van der Waals surface area (Å²) in [6.45, 7) is -0.681. The van der Waals surface area contributed by atoms with Crippen molar-refractivity contribution in [2.75, 3.05) is 35.7 Å². The normalized spacial score (nSPS) is 14.8. The average molecular weight is 440 g/mol. The predicted octanol–water partition coefficient (Wildman–Crippen LogP) is 1.37. The first-order valence-electron chi connectivity index (χ1n) is 8.30. The molecule has 1 aliphatic rings. The molecule has 1 heterocycles. The third-order valence-corrected chi connectivity index (χ3v) is 5.39. The summed E-state index contributed by atoms with van der Waals surface area (Å²) in [4.78, 5) is 23.5. The van der Waals surface area contributed by atoms with Crippen molar-refractivity contribution in [2.24, 2.45) is 0 Å². The third-order valence-electron chi connectivity index (χ3n) is 4.01. The Labute approximate surface area is 170 Å². The maximum absolute atomic E-state index is 14.5. The molecule has 0 saturated carbocycles. The highest BCUT2D eigenvalue weighted by molar-refractivity contribution is 7.92. The van der Waals surface area contributed by atoms with Crippen molar-refractivity contribution in [1.29, 1.82) is 0 Å². The predicted molar refractivity (Wildman–Crippen MR) is 105 cm³/mol. The van der Waals surface area contributed by atoms with Gasteiger partial charge < -0.3 is 25.2 Å². The molecule has 160 valence electrons. The molecule has 11 nitrogen and oxygen atoms in total. The van der Waals surface area contributed by atoms with Crippen molar-refractivity contribution in [1.82, 2.24) is 4.72 Å². The lowest BCUT2D eigenvalue weighted by atomic mass is 10.2. The summed E-state index contributed by atoms with van der Waals surface area (Å²) >= 11 is 0. The van der Waals surface area contributed by atoms with Crippen LogP contribution in [-0.4, -0.2) is 46.2 Å². The van der Waals surface area contributed by atoms with Crippen molar-refractivity contribution in [3.8, 4) is 17.2 Å². The van der Waals surface area contributed by atoms with Gasteiger partial charge in [-0.1, -0.05) is 0 Å². The van der Waals surface area contributed by atoms with Gasteiger partial charge in [0.05, 0.1) is 14.2 Å². The number of rotatable bonds is 5. The van der Waals surface area contributed by atoms with Gasteiger partial charge in [0, 0.05) is 23.5 Å². The first-order valence-corrected chi connectivity index (χ1v) is 9.74. The third kappa shape index (κ3) is 4.15. The van der Waals surface area contributed by atoms with E-state index in [0.717, 1.165) is 12.1 Å². The zero-order valence-corrected chi connectivity index (χ0v) is 16.5. The number of nitrogens with one attached hydrogen (secondary N) is 3. The van der Waals surface area contributed by atoms with Crippen LogP contribution in [0.5, 0.6) is 17.2 Å². The van der Waals surface area contributed by atoms with Crippen molar-refractivity contribution in [2.45, 2.75) is 0 Å². The molecule has 3 rings (SSSR count). The number of aromatic hydroxyl groups is 1. The van der Waals surface area contributed by atoms with Crippen LogP contribution in [0.1, 0.15) is 0 Å². The summed E-state index contributed by atoms with van der Waals surface area (Å²) in [5.41, 5.74) is -0.513. The fourth-order valence-electron chi connectivity index (χ4n) is 2.76. The number of carbonyl (C=O) groups excluding carboxylic acids is 2. The van der Waals surface area contributed by atoms with Crippen LogP contribution in [0.25, 0.3) is 0 Å². The van der Waals surface area contributed by atoms with Gasteiger partial charge in [0.2, 0.25) is 0 Å². The van der Waals surface area contributed by atoms with Crippen LogP contribution in [0.4, 0.5) is 26.2 Å². The van der Waals surface area contributed by atoms with Gasteiger partial charge in [-0.25, -0.2) is 18.2 Å². The van der Waals surface area contributed by atoms with Crippen molar-refractivity contribution < 1.29 is 37.0 Å². The van der Waals surface area contributed by atoms with Crippen LogP contribution < -0.4 is 29.1 Å². The second-order valence-electron chi connectivity index (χ2n) is 6.01. The highest BCUT2D eigenvalue weighted by atomic mass is 32.2. The molecule has 0 radical (unpaired) electrons. The summed E-state index contributed by atoms with van der Waals surface area (Å²) in [6.07, 6.45) is 0. The van der Waals surface area contributed by atoms with E-state index in [1.807, 2.05) is 0 Å². The molecule has 0 unspecified atom stereocenters. The minimum atomic E-state index is -4.31. The lowest BCUT2D eigenvalue weighted by Crippen LogP contribution is -2.30. The number of benzene rings is 2. The van der Waals surface area contributed by atoms with E-state index in [9.17, 15) is 27.5 Å². The zero-order chi connectivity index (χ0) is 22.1. The number of methoxy groups -OCH3 is 2. The Bertz CT molecular complexity index is 1100. The summed E-state index contributed by atoms with van der Waals surface area (Å²) in [5, 5.41) is 14.9. The van der Waals surface area contributed by atoms with E-state index < -0.39 is 45.9 Å². The minimum absolute atomic E-state index is 0.150. The number of halogens is 1. The molecular formula is C17H17FN4O7S. The van der Waals surface area contributed by atoms with E-state index in [2.05, 4.69) is 10.6 Å². The first kappa shape index (κ1) is 21.0. The summed E-state index contributed by atoms with van der Waals surface area (Å²) in [7, 11) is -1.42. The minimum Gasteiger partial charge on any atom is -0.506 e. The summed E-state index contributed by atoms with van der Waals surface area (Å²) in [5.74, 6) is -1.98. The lowest BCUT2D eigenvalue weighted by Gasteiger charge is -2.18. The van der Waals surface area contributed by atoms with Gasteiger partial charge in [0.1, 0.15) is 18.0 Å². The molecule has 2 aromatic rings. The van der Waals surface area contributed by atoms with Crippen molar-refractivity contribution >= 4 is 39.2 Å². The number of carbonyl (C=O) groups is 2. The number of nitrogens with zero attached hydrogens (tertiary/aromatic N) is 1. The Balaban J connectivity index is 1.78. The van der Waals surface area contributed by atoms with Gasteiger partial charge in [-0.05, 0) is 18.2 Å². The molecule has 3 amide bonds. The molecule has 0 aromatic heterocycles. The van der Waals surface area contributed by atoms with Crippen LogP contribution in [0.15, 0.2) is 30.3 Å². The largest absolute Gasteiger partial charge is 0.506 e. The molecule has 1 fully saturated rings. The van der Waals surface area contributed by atoms with E-state index >= 15 is 0 Å². The Morgan fingerprint density at radius 3 is 2.37 bits per heavy atom. The average Bonchev–Trinajstić information content (AvgIpc) is 2.92. The second kappa shape index (κ2) is 7.94. The molecule has 0 bridgehead atoms. The molecule has 0 spiro atoms. The Morgan fingerprint density at radius 1 is 1.13 bits per heavy atom. The molecule has 1 aliphatic heterocycles. The van der Waals surface area contributed by atoms with E-state index in [-0.39, 0.29) is 5.69 Å². The number of phenols is 1. The summed E-state index contributed by atoms with van der Waals surface area (Å²) in [6, 6.07) is 5.61. The fraction of sp³-hybridized carbons (Fsp3) is 0.176. The second-order valence-corrected chi connectivity index (χ2v) is 7.61. The topological polar surface area (TPSA) is 146 Å². The quantitative estimate of drug-likeness (QED) is 0.549. The van der Waals surface area contributed by atoms with Crippen LogP contribution in [0.3, 0.4) is 0 Å². The molecule has 0 atom stereocenters. The molecule has 30 heavy (non-hydrogen) atoms. The number of ether oxygens (including phenoxy) is 2. The molecule has 2 aromatic carbocycles. The molecule has 0 aliphatic carbocycles.